The van der Waals surface area contributed by atoms with Gasteiger partial charge in [0.2, 0.25) is 5.91 Å². The van der Waals surface area contributed by atoms with Crippen LogP contribution in [-0.2, 0) is 4.79 Å². The van der Waals surface area contributed by atoms with Crippen LogP contribution >= 0.6 is 11.8 Å². The molecule has 3 saturated heterocycles. The summed E-state index contributed by atoms with van der Waals surface area (Å²) < 4.78 is 0. The number of hydrogen-bond donors (Lipinski definition) is 1. The molecule has 3 nitrogen and oxygen atoms in total. The normalized spacial score (nSPS) is 36.4. The number of nitrogens with zero attached hydrogens (tertiary/aromatic N) is 1. The SMILES string of the molecule is O=C(C1CCCCS1)N1CCCC2(CCCNC2)C1. The number of likely N-dealkylation sites (tertiary alicyclic amines) is 1. The highest BCUT2D eigenvalue weighted by Crippen LogP contribution is 2.37. The molecular formula is C15H26N2OS. The van der Waals surface area contributed by atoms with E-state index in [1.54, 1.807) is 0 Å². The van der Waals surface area contributed by atoms with E-state index in [1.165, 1.54) is 44.3 Å². The second-order valence-corrected chi connectivity index (χ2v) is 7.81. The molecule has 3 rings (SSSR count). The second-order valence-electron chi connectivity index (χ2n) is 6.50. The van der Waals surface area contributed by atoms with Crippen LogP contribution in [0.5, 0.6) is 0 Å². The topological polar surface area (TPSA) is 32.3 Å². The van der Waals surface area contributed by atoms with Crippen LogP contribution in [0.1, 0.15) is 44.9 Å². The Morgan fingerprint density at radius 3 is 2.84 bits per heavy atom. The Morgan fingerprint density at radius 2 is 2.11 bits per heavy atom. The lowest BCUT2D eigenvalue weighted by Gasteiger charge is -2.46. The molecule has 4 heteroatoms. The minimum absolute atomic E-state index is 0.264. The summed E-state index contributed by atoms with van der Waals surface area (Å²) in [5.74, 6) is 1.62. The van der Waals surface area contributed by atoms with E-state index in [0.717, 1.165) is 32.6 Å². The molecule has 19 heavy (non-hydrogen) atoms. The van der Waals surface area contributed by atoms with Crippen molar-refractivity contribution in [3.8, 4) is 0 Å². The molecule has 0 aromatic carbocycles. The first-order valence-corrected chi connectivity index (χ1v) is 8.95. The van der Waals surface area contributed by atoms with Gasteiger partial charge in [-0.1, -0.05) is 6.42 Å². The average Bonchev–Trinajstić information content (AvgIpc) is 2.48. The van der Waals surface area contributed by atoms with Crippen molar-refractivity contribution in [3.63, 3.8) is 0 Å². The molecule has 0 aliphatic carbocycles. The van der Waals surface area contributed by atoms with E-state index in [4.69, 9.17) is 0 Å². The van der Waals surface area contributed by atoms with Crippen LogP contribution in [0.4, 0.5) is 0 Å². The monoisotopic (exact) mass is 282 g/mol. The molecular weight excluding hydrogens is 256 g/mol. The molecule has 3 fully saturated rings. The fourth-order valence-corrected chi connectivity index (χ4v) is 5.19. The Hall–Kier alpha value is -0.220. The van der Waals surface area contributed by atoms with Gasteiger partial charge in [-0.05, 0) is 50.8 Å². The predicted octanol–water partition coefficient (Wildman–Crippen LogP) is 2.26. The van der Waals surface area contributed by atoms with E-state index in [9.17, 15) is 4.79 Å². The molecule has 1 N–H and O–H groups in total. The summed E-state index contributed by atoms with van der Waals surface area (Å²) in [5, 5.41) is 3.81. The number of nitrogens with one attached hydrogen (secondary N) is 1. The van der Waals surface area contributed by atoms with Gasteiger partial charge in [0, 0.05) is 25.0 Å². The zero-order valence-corrected chi connectivity index (χ0v) is 12.6. The van der Waals surface area contributed by atoms with E-state index < -0.39 is 0 Å². The highest BCUT2D eigenvalue weighted by Gasteiger charge is 2.39. The van der Waals surface area contributed by atoms with Gasteiger partial charge >= 0.3 is 0 Å². The molecule has 3 aliphatic heterocycles. The van der Waals surface area contributed by atoms with Crippen molar-refractivity contribution >= 4 is 17.7 Å². The molecule has 0 saturated carbocycles. The highest BCUT2D eigenvalue weighted by atomic mass is 32.2. The number of hydrogen-bond acceptors (Lipinski definition) is 3. The largest absolute Gasteiger partial charge is 0.341 e. The first-order chi connectivity index (χ1) is 9.29. The fourth-order valence-electron chi connectivity index (χ4n) is 3.91. The minimum Gasteiger partial charge on any atom is -0.341 e. The highest BCUT2D eigenvalue weighted by molar-refractivity contribution is 8.00. The van der Waals surface area contributed by atoms with Crippen molar-refractivity contribution in [1.82, 2.24) is 10.2 Å². The van der Waals surface area contributed by atoms with Crippen LogP contribution in [0.3, 0.4) is 0 Å². The van der Waals surface area contributed by atoms with Gasteiger partial charge in [0.25, 0.3) is 0 Å². The van der Waals surface area contributed by atoms with Gasteiger partial charge in [0.15, 0.2) is 0 Å². The third kappa shape index (κ3) is 3.10. The molecule has 1 amide bonds. The zero-order valence-electron chi connectivity index (χ0n) is 11.8. The minimum atomic E-state index is 0.264. The molecule has 3 heterocycles. The summed E-state index contributed by atoms with van der Waals surface area (Å²) in [7, 11) is 0. The maximum atomic E-state index is 12.7. The molecule has 1 spiro atoms. The van der Waals surface area contributed by atoms with Crippen LogP contribution < -0.4 is 5.32 Å². The summed E-state index contributed by atoms with van der Waals surface area (Å²) in [6, 6.07) is 0. The molecule has 2 atom stereocenters. The summed E-state index contributed by atoms with van der Waals surface area (Å²) in [4.78, 5) is 14.9. The van der Waals surface area contributed by atoms with Crippen molar-refractivity contribution < 1.29 is 4.79 Å². The van der Waals surface area contributed by atoms with Crippen molar-refractivity contribution in [3.05, 3.63) is 0 Å². The van der Waals surface area contributed by atoms with E-state index in [1.807, 2.05) is 11.8 Å². The molecule has 108 valence electrons. The van der Waals surface area contributed by atoms with Gasteiger partial charge < -0.3 is 10.2 Å². The van der Waals surface area contributed by atoms with Crippen LogP contribution in [0.25, 0.3) is 0 Å². The van der Waals surface area contributed by atoms with Crippen LogP contribution in [0.2, 0.25) is 0 Å². The Balaban J connectivity index is 1.62. The summed E-state index contributed by atoms with van der Waals surface area (Å²) >= 11 is 1.89. The number of piperidine rings is 2. The van der Waals surface area contributed by atoms with Crippen LogP contribution in [0.15, 0.2) is 0 Å². The van der Waals surface area contributed by atoms with Crippen molar-refractivity contribution in [1.29, 1.82) is 0 Å². The van der Waals surface area contributed by atoms with Crippen molar-refractivity contribution in [2.45, 2.75) is 50.2 Å². The Morgan fingerprint density at radius 1 is 1.21 bits per heavy atom. The molecule has 0 bridgehead atoms. The quantitative estimate of drug-likeness (QED) is 0.801. The number of thioether (sulfide) groups is 1. The van der Waals surface area contributed by atoms with Crippen molar-refractivity contribution in [2.24, 2.45) is 5.41 Å². The molecule has 0 aromatic heterocycles. The average molecular weight is 282 g/mol. The second kappa shape index (κ2) is 6.04. The van der Waals surface area contributed by atoms with Gasteiger partial charge in [-0.15, -0.1) is 11.8 Å². The maximum Gasteiger partial charge on any atom is 0.235 e. The van der Waals surface area contributed by atoms with E-state index in [2.05, 4.69) is 10.2 Å². The summed E-state index contributed by atoms with van der Waals surface area (Å²) in [5.41, 5.74) is 0.394. The van der Waals surface area contributed by atoms with E-state index in [-0.39, 0.29) is 5.25 Å². The first kappa shape index (κ1) is 13.7. The number of rotatable bonds is 1. The van der Waals surface area contributed by atoms with Crippen LogP contribution in [0, 0.1) is 5.41 Å². The molecule has 0 radical (unpaired) electrons. The summed E-state index contributed by atoms with van der Waals surface area (Å²) in [6.07, 6.45) is 8.73. The fraction of sp³-hybridized carbons (Fsp3) is 0.933. The van der Waals surface area contributed by atoms with Gasteiger partial charge in [-0.25, -0.2) is 0 Å². The smallest absolute Gasteiger partial charge is 0.235 e. The number of carbonyl (C=O) groups excluding carboxylic acids is 1. The Bertz CT molecular complexity index is 317. The zero-order chi connectivity index (χ0) is 13.1. The standard InChI is InChI=1S/C15H26N2OS/c18-14(13-5-1-2-10-19-13)17-9-4-7-15(12-17)6-3-8-16-11-15/h13,16H,1-12H2. The molecule has 3 aliphatic rings. The van der Waals surface area contributed by atoms with Gasteiger partial charge in [0.1, 0.15) is 0 Å². The third-order valence-corrected chi connectivity index (χ3v) is 6.35. The lowest BCUT2D eigenvalue weighted by molar-refractivity contribution is -0.134. The maximum absolute atomic E-state index is 12.7. The predicted molar refractivity (Wildman–Crippen MR) is 80.4 cm³/mol. The van der Waals surface area contributed by atoms with Gasteiger partial charge in [-0.2, -0.15) is 0 Å². The van der Waals surface area contributed by atoms with Crippen molar-refractivity contribution in [2.75, 3.05) is 31.9 Å². The summed E-state index contributed by atoms with van der Waals surface area (Å²) in [6.45, 7) is 4.29. The molecule has 2 unspecified atom stereocenters. The first-order valence-electron chi connectivity index (χ1n) is 7.90. The number of carbonyl (C=O) groups is 1. The molecule has 0 aromatic rings. The Labute approximate surface area is 120 Å². The van der Waals surface area contributed by atoms with E-state index in [0.29, 0.717) is 11.3 Å². The van der Waals surface area contributed by atoms with Gasteiger partial charge in [-0.3, -0.25) is 4.79 Å². The van der Waals surface area contributed by atoms with Crippen LogP contribution in [-0.4, -0.2) is 48.0 Å². The Kier molecular flexibility index (Phi) is 4.37. The lowest BCUT2D eigenvalue weighted by atomic mass is 9.74. The number of amides is 1. The van der Waals surface area contributed by atoms with Gasteiger partial charge in [0.05, 0.1) is 5.25 Å². The lowest BCUT2D eigenvalue weighted by Crippen LogP contribution is -2.54. The van der Waals surface area contributed by atoms with E-state index >= 15 is 0 Å². The third-order valence-electron chi connectivity index (χ3n) is 4.99.